The summed E-state index contributed by atoms with van der Waals surface area (Å²) in [5, 5.41) is 20.6. The van der Waals surface area contributed by atoms with E-state index in [1.165, 1.54) is 0 Å². The highest BCUT2D eigenvalue weighted by molar-refractivity contribution is 5.17. The minimum atomic E-state index is -0.441. The third kappa shape index (κ3) is 2.93. The lowest BCUT2D eigenvalue weighted by Gasteiger charge is -2.56. The Morgan fingerprint density at radius 1 is 1.27 bits per heavy atom. The fraction of sp³-hybridized carbons (Fsp3) is 0.667. The first kappa shape index (κ1) is 15.9. The van der Waals surface area contributed by atoms with Crippen LogP contribution in [0.4, 0.5) is 0 Å². The number of aliphatic hydroxyl groups excluding tert-OH is 2. The number of β-amino-alcohol motifs (C(OH)–C–C–N with tert-alkyl or cyclic N) is 1. The zero-order valence-electron chi connectivity index (χ0n) is 13.3. The van der Waals surface area contributed by atoms with Crippen LogP contribution in [-0.4, -0.2) is 53.6 Å². The minimum Gasteiger partial charge on any atom is -0.392 e. The van der Waals surface area contributed by atoms with Crippen LogP contribution in [0.25, 0.3) is 0 Å². The summed E-state index contributed by atoms with van der Waals surface area (Å²) >= 11 is 0. The topological polar surface area (TPSA) is 52.9 Å². The number of aliphatic hydroxyl groups is 2. The average molecular weight is 305 g/mol. The smallest absolute Gasteiger partial charge is 0.0916 e. The Balaban J connectivity index is 1.54. The lowest BCUT2D eigenvalue weighted by atomic mass is 9.58. The minimum absolute atomic E-state index is 0.0375. The van der Waals surface area contributed by atoms with E-state index in [-0.39, 0.29) is 17.6 Å². The molecule has 1 saturated carbocycles. The molecular formula is C18H27NO3. The zero-order chi connectivity index (χ0) is 15.6. The number of ether oxygens (including phenoxy) is 1. The van der Waals surface area contributed by atoms with Gasteiger partial charge in [-0.2, -0.15) is 0 Å². The zero-order valence-corrected chi connectivity index (χ0v) is 13.3. The van der Waals surface area contributed by atoms with Crippen molar-refractivity contribution in [2.45, 2.75) is 44.5 Å². The van der Waals surface area contributed by atoms with Crippen molar-refractivity contribution >= 4 is 0 Å². The Labute approximate surface area is 132 Å². The van der Waals surface area contributed by atoms with E-state index in [0.717, 1.165) is 44.5 Å². The molecule has 0 radical (unpaired) electrons. The van der Waals surface area contributed by atoms with Gasteiger partial charge in [-0.3, -0.25) is 0 Å². The molecule has 0 bridgehead atoms. The summed E-state index contributed by atoms with van der Waals surface area (Å²) < 4.78 is 5.80. The van der Waals surface area contributed by atoms with Crippen molar-refractivity contribution in [2.24, 2.45) is 5.41 Å². The van der Waals surface area contributed by atoms with Crippen molar-refractivity contribution in [2.75, 3.05) is 26.2 Å². The van der Waals surface area contributed by atoms with Crippen LogP contribution in [-0.2, 0) is 4.74 Å². The molecule has 1 aromatic rings. The molecule has 4 nitrogen and oxygen atoms in total. The lowest BCUT2D eigenvalue weighted by molar-refractivity contribution is -0.210. The summed E-state index contributed by atoms with van der Waals surface area (Å²) in [6, 6.07) is 9.82. The van der Waals surface area contributed by atoms with Gasteiger partial charge in [0, 0.05) is 25.0 Å². The SMILES string of the molecule is CCOC1CC(O)C12CCN(CC(O)c1ccccc1)CC2. The second-order valence-corrected chi connectivity index (χ2v) is 6.66. The van der Waals surface area contributed by atoms with Crippen LogP contribution in [0.5, 0.6) is 0 Å². The van der Waals surface area contributed by atoms with Gasteiger partial charge >= 0.3 is 0 Å². The third-order valence-corrected chi connectivity index (χ3v) is 5.51. The Morgan fingerprint density at radius 3 is 2.55 bits per heavy atom. The van der Waals surface area contributed by atoms with E-state index in [0.29, 0.717) is 6.54 Å². The Hall–Kier alpha value is -0.940. The first-order chi connectivity index (χ1) is 10.7. The van der Waals surface area contributed by atoms with E-state index in [1.807, 2.05) is 37.3 Å². The van der Waals surface area contributed by atoms with Crippen LogP contribution in [0, 0.1) is 5.41 Å². The van der Waals surface area contributed by atoms with Crippen molar-refractivity contribution < 1.29 is 14.9 Å². The van der Waals surface area contributed by atoms with E-state index in [2.05, 4.69) is 4.90 Å². The van der Waals surface area contributed by atoms with Gasteiger partial charge in [0.25, 0.3) is 0 Å². The molecule has 1 aliphatic heterocycles. The summed E-state index contributed by atoms with van der Waals surface area (Å²) in [6.07, 6.45) is 2.25. The molecule has 0 aromatic heterocycles. The van der Waals surface area contributed by atoms with E-state index >= 15 is 0 Å². The van der Waals surface area contributed by atoms with Gasteiger partial charge in [0.2, 0.25) is 0 Å². The summed E-state index contributed by atoms with van der Waals surface area (Å²) in [7, 11) is 0. The van der Waals surface area contributed by atoms with Crippen LogP contribution < -0.4 is 0 Å². The van der Waals surface area contributed by atoms with Crippen molar-refractivity contribution in [3.63, 3.8) is 0 Å². The largest absolute Gasteiger partial charge is 0.392 e. The summed E-state index contributed by atoms with van der Waals surface area (Å²) in [4.78, 5) is 2.30. The highest BCUT2D eigenvalue weighted by atomic mass is 16.5. The molecule has 3 rings (SSSR count). The molecule has 122 valence electrons. The van der Waals surface area contributed by atoms with Gasteiger partial charge in [-0.15, -0.1) is 0 Å². The Morgan fingerprint density at radius 2 is 1.95 bits per heavy atom. The van der Waals surface area contributed by atoms with Gasteiger partial charge in [-0.25, -0.2) is 0 Å². The van der Waals surface area contributed by atoms with E-state index in [1.54, 1.807) is 0 Å². The molecule has 1 saturated heterocycles. The average Bonchev–Trinajstić information content (AvgIpc) is 2.56. The summed E-state index contributed by atoms with van der Waals surface area (Å²) in [5.41, 5.74) is 0.933. The maximum absolute atomic E-state index is 10.3. The maximum Gasteiger partial charge on any atom is 0.0916 e. The van der Waals surface area contributed by atoms with Crippen molar-refractivity contribution in [3.05, 3.63) is 35.9 Å². The highest BCUT2D eigenvalue weighted by Crippen LogP contribution is 2.51. The molecule has 1 aromatic carbocycles. The van der Waals surface area contributed by atoms with E-state index in [9.17, 15) is 10.2 Å². The maximum atomic E-state index is 10.3. The predicted molar refractivity (Wildman–Crippen MR) is 85.5 cm³/mol. The molecular weight excluding hydrogens is 278 g/mol. The van der Waals surface area contributed by atoms with Gasteiger partial charge < -0.3 is 19.8 Å². The quantitative estimate of drug-likeness (QED) is 0.873. The van der Waals surface area contributed by atoms with Crippen molar-refractivity contribution in [3.8, 4) is 0 Å². The molecule has 1 spiro atoms. The first-order valence-electron chi connectivity index (χ1n) is 8.41. The van der Waals surface area contributed by atoms with Crippen LogP contribution >= 0.6 is 0 Å². The van der Waals surface area contributed by atoms with Crippen LogP contribution in [0.15, 0.2) is 30.3 Å². The molecule has 2 N–H and O–H groups in total. The number of nitrogens with zero attached hydrogens (tertiary/aromatic N) is 1. The molecule has 1 heterocycles. The van der Waals surface area contributed by atoms with E-state index in [4.69, 9.17) is 4.74 Å². The summed E-state index contributed by atoms with van der Waals surface area (Å²) in [6.45, 7) is 5.24. The molecule has 2 aliphatic rings. The van der Waals surface area contributed by atoms with Gasteiger partial charge in [0.05, 0.1) is 18.3 Å². The molecule has 0 amide bonds. The molecule has 1 aliphatic carbocycles. The first-order valence-corrected chi connectivity index (χ1v) is 8.41. The van der Waals surface area contributed by atoms with Crippen LogP contribution in [0.3, 0.4) is 0 Å². The fourth-order valence-corrected chi connectivity index (χ4v) is 3.99. The summed E-state index contributed by atoms with van der Waals surface area (Å²) in [5.74, 6) is 0. The van der Waals surface area contributed by atoms with Crippen molar-refractivity contribution in [1.82, 2.24) is 4.90 Å². The standard InChI is InChI=1S/C18H27NO3/c1-2-22-17-12-16(21)18(17)8-10-19(11-9-18)13-15(20)14-6-4-3-5-7-14/h3-7,15-17,20-21H,2,8-13H2,1H3. The van der Waals surface area contributed by atoms with Crippen LogP contribution in [0.1, 0.15) is 37.9 Å². The lowest BCUT2D eigenvalue weighted by Crippen LogP contribution is -2.62. The molecule has 4 heteroatoms. The van der Waals surface area contributed by atoms with Crippen molar-refractivity contribution in [1.29, 1.82) is 0 Å². The van der Waals surface area contributed by atoms with Crippen LogP contribution in [0.2, 0.25) is 0 Å². The molecule has 3 unspecified atom stereocenters. The number of rotatable bonds is 5. The highest BCUT2D eigenvalue weighted by Gasteiger charge is 2.55. The Bertz CT molecular complexity index is 468. The Kier molecular flexibility index (Phi) is 4.83. The second-order valence-electron chi connectivity index (χ2n) is 6.66. The molecule has 2 fully saturated rings. The fourth-order valence-electron chi connectivity index (χ4n) is 3.99. The van der Waals surface area contributed by atoms with Gasteiger partial charge in [-0.1, -0.05) is 30.3 Å². The number of benzene rings is 1. The third-order valence-electron chi connectivity index (χ3n) is 5.51. The second kappa shape index (κ2) is 6.67. The number of piperidine rings is 1. The number of hydrogen-bond acceptors (Lipinski definition) is 4. The monoisotopic (exact) mass is 305 g/mol. The number of likely N-dealkylation sites (tertiary alicyclic amines) is 1. The van der Waals surface area contributed by atoms with Gasteiger partial charge in [-0.05, 0) is 38.4 Å². The molecule has 22 heavy (non-hydrogen) atoms. The number of hydrogen-bond donors (Lipinski definition) is 2. The van der Waals surface area contributed by atoms with Gasteiger partial charge in [0.1, 0.15) is 0 Å². The molecule has 3 atom stereocenters. The normalized spacial score (nSPS) is 29.2. The predicted octanol–water partition coefficient (Wildman–Crippen LogP) is 1.97. The van der Waals surface area contributed by atoms with Gasteiger partial charge in [0.15, 0.2) is 0 Å². The van der Waals surface area contributed by atoms with E-state index < -0.39 is 6.10 Å².